The molecule has 1 aliphatic rings. The third-order valence-corrected chi connectivity index (χ3v) is 4.41. The molecule has 0 unspecified atom stereocenters. The molecule has 0 heterocycles. The molecule has 1 aromatic carbocycles. The van der Waals surface area contributed by atoms with E-state index in [0.29, 0.717) is 5.41 Å². The van der Waals surface area contributed by atoms with Gasteiger partial charge in [0.1, 0.15) is 0 Å². The van der Waals surface area contributed by atoms with Gasteiger partial charge >= 0.3 is 0 Å². The number of unbranched alkanes of at least 4 members (excludes halogenated alkanes) is 3. The molecule has 1 heteroatoms. The van der Waals surface area contributed by atoms with Crippen LogP contribution in [-0.2, 0) is 11.3 Å². The Labute approximate surface area is 118 Å². The lowest BCUT2D eigenvalue weighted by Gasteiger charge is -2.15. The van der Waals surface area contributed by atoms with E-state index in [1.807, 2.05) is 0 Å². The molecule has 1 aromatic rings. The summed E-state index contributed by atoms with van der Waals surface area (Å²) < 4.78 is 5.82. The average Bonchev–Trinajstić information content (AvgIpc) is 3.22. The predicted molar refractivity (Wildman–Crippen MR) is 81.1 cm³/mol. The van der Waals surface area contributed by atoms with E-state index in [2.05, 4.69) is 37.3 Å². The van der Waals surface area contributed by atoms with Crippen LogP contribution in [0, 0.1) is 5.41 Å². The zero-order chi connectivity index (χ0) is 13.4. The molecule has 1 nitrogen and oxygen atoms in total. The Hall–Kier alpha value is -0.820. The van der Waals surface area contributed by atoms with Gasteiger partial charge in [-0.05, 0) is 36.7 Å². The van der Waals surface area contributed by atoms with Gasteiger partial charge in [0.2, 0.25) is 0 Å². The van der Waals surface area contributed by atoms with Gasteiger partial charge in [-0.2, -0.15) is 0 Å². The van der Waals surface area contributed by atoms with E-state index in [1.165, 1.54) is 56.9 Å². The van der Waals surface area contributed by atoms with Crippen molar-refractivity contribution < 1.29 is 4.74 Å². The Morgan fingerprint density at radius 2 is 1.79 bits per heavy atom. The highest BCUT2D eigenvalue weighted by Gasteiger charge is 2.40. The van der Waals surface area contributed by atoms with Crippen LogP contribution in [0.1, 0.15) is 63.9 Å². The summed E-state index contributed by atoms with van der Waals surface area (Å²) in [6.07, 6.45) is 11.2. The van der Waals surface area contributed by atoms with E-state index in [9.17, 15) is 0 Å². The standard InChI is InChI=1S/C18H28O/c1-2-3-4-8-11-18(12-13-18)14-15-19-16-17-9-6-5-7-10-17/h5-7,9-10H,2-4,8,11-16H2,1H3. The SMILES string of the molecule is CCCCCCC1(CCOCc2ccccc2)CC1. The van der Waals surface area contributed by atoms with Crippen LogP contribution in [0.15, 0.2) is 30.3 Å². The molecule has 1 fully saturated rings. The molecule has 106 valence electrons. The second-order valence-corrected chi connectivity index (χ2v) is 6.10. The van der Waals surface area contributed by atoms with Crippen molar-refractivity contribution >= 4 is 0 Å². The molecule has 0 saturated heterocycles. The highest BCUT2D eigenvalue weighted by Crippen LogP contribution is 2.52. The van der Waals surface area contributed by atoms with Crippen molar-refractivity contribution in [3.63, 3.8) is 0 Å². The summed E-state index contributed by atoms with van der Waals surface area (Å²) in [6, 6.07) is 10.5. The fourth-order valence-electron chi connectivity index (χ4n) is 2.78. The van der Waals surface area contributed by atoms with Crippen molar-refractivity contribution in [2.75, 3.05) is 6.61 Å². The summed E-state index contributed by atoms with van der Waals surface area (Å²) in [6.45, 7) is 3.99. The quantitative estimate of drug-likeness (QED) is 0.516. The molecule has 0 bridgehead atoms. The van der Waals surface area contributed by atoms with Gasteiger partial charge < -0.3 is 4.74 Å². The molecular weight excluding hydrogens is 232 g/mol. The molecule has 0 aliphatic heterocycles. The maximum absolute atomic E-state index is 5.82. The molecule has 0 amide bonds. The summed E-state index contributed by atoms with van der Waals surface area (Å²) in [7, 11) is 0. The van der Waals surface area contributed by atoms with Gasteiger partial charge in [-0.1, -0.05) is 62.9 Å². The molecule has 0 aromatic heterocycles. The van der Waals surface area contributed by atoms with E-state index in [4.69, 9.17) is 4.74 Å². The van der Waals surface area contributed by atoms with E-state index < -0.39 is 0 Å². The Bertz CT molecular complexity index is 340. The van der Waals surface area contributed by atoms with Crippen molar-refractivity contribution in [2.24, 2.45) is 5.41 Å². The maximum Gasteiger partial charge on any atom is 0.0716 e. The first-order valence-corrected chi connectivity index (χ1v) is 7.96. The smallest absolute Gasteiger partial charge is 0.0716 e. The van der Waals surface area contributed by atoms with E-state index in [0.717, 1.165) is 13.2 Å². The molecule has 0 atom stereocenters. The second-order valence-electron chi connectivity index (χ2n) is 6.10. The number of ether oxygens (including phenoxy) is 1. The first-order valence-electron chi connectivity index (χ1n) is 7.96. The molecule has 1 saturated carbocycles. The van der Waals surface area contributed by atoms with E-state index in [-0.39, 0.29) is 0 Å². The summed E-state index contributed by atoms with van der Waals surface area (Å²) in [5, 5.41) is 0. The predicted octanol–water partition coefficient (Wildman–Crippen LogP) is 5.34. The third-order valence-electron chi connectivity index (χ3n) is 4.41. The molecule has 0 radical (unpaired) electrons. The Kier molecular flexibility index (Phi) is 5.91. The van der Waals surface area contributed by atoms with E-state index in [1.54, 1.807) is 0 Å². The van der Waals surface area contributed by atoms with Crippen LogP contribution in [0.5, 0.6) is 0 Å². The first-order chi connectivity index (χ1) is 9.35. The van der Waals surface area contributed by atoms with Crippen LogP contribution in [0.2, 0.25) is 0 Å². The normalized spacial score (nSPS) is 16.5. The lowest BCUT2D eigenvalue weighted by atomic mass is 9.95. The Morgan fingerprint density at radius 3 is 2.47 bits per heavy atom. The number of benzene rings is 1. The zero-order valence-corrected chi connectivity index (χ0v) is 12.4. The van der Waals surface area contributed by atoms with Crippen molar-refractivity contribution in [2.45, 2.75) is 64.9 Å². The van der Waals surface area contributed by atoms with E-state index >= 15 is 0 Å². The fraction of sp³-hybridized carbons (Fsp3) is 0.667. The Morgan fingerprint density at radius 1 is 1.00 bits per heavy atom. The minimum atomic E-state index is 0.671. The summed E-state index contributed by atoms with van der Waals surface area (Å²) in [5.74, 6) is 0. The van der Waals surface area contributed by atoms with Gasteiger partial charge in [0, 0.05) is 6.61 Å². The largest absolute Gasteiger partial charge is 0.377 e. The van der Waals surface area contributed by atoms with Crippen molar-refractivity contribution in [1.82, 2.24) is 0 Å². The summed E-state index contributed by atoms with van der Waals surface area (Å²) in [5.41, 5.74) is 1.96. The number of hydrogen-bond donors (Lipinski definition) is 0. The molecule has 19 heavy (non-hydrogen) atoms. The van der Waals surface area contributed by atoms with Crippen molar-refractivity contribution in [3.8, 4) is 0 Å². The first kappa shape index (κ1) is 14.6. The molecule has 0 spiro atoms. The Balaban J connectivity index is 1.55. The summed E-state index contributed by atoms with van der Waals surface area (Å²) in [4.78, 5) is 0. The van der Waals surface area contributed by atoms with Gasteiger partial charge in [0.25, 0.3) is 0 Å². The third kappa shape index (κ3) is 5.36. The number of hydrogen-bond acceptors (Lipinski definition) is 1. The maximum atomic E-state index is 5.82. The zero-order valence-electron chi connectivity index (χ0n) is 12.4. The molecular formula is C18H28O. The van der Waals surface area contributed by atoms with Crippen LogP contribution in [0.3, 0.4) is 0 Å². The van der Waals surface area contributed by atoms with Crippen LogP contribution >= 0.6 is 0 Å². The van der Waals surface area contributed by atoms with Crippen LogP contribution < -0.4 is 0 Å². The van der Waals surface area contributed by atoms with Gasteiger partial charge in [-0.25, -0.2) is 0 Å². The minimum absolute atomic E-state index is 0.671. The fourth-order valence-corrected chi connectivity index (χ4v) is 2.78. The lowest BCUT2D eigenvalue weighted by molar-refractivity contribution is 0.102. The molecule has 1 aliphatic carbocycles. The average molecular weight is 260 g/mol. The second kappa shape index (κ2) is 7.69. The van der Waals surface area contributed by atoms with Crippen LogP contribution in [0.25, 0.3) is 0 Å². The van der Waals surface area contributed by atoms with Crippen LogP contribution in [-0.4, -0.2) is 6.61 Å². The minimum Gasteiger partial charge on any atom is -0.377 e. The molecule has 0 N–H and O–H groups in total. The van der Waals surface area contributed by atoms with Gasteiger partial charge in [0.05, 0.1) is 6.61 Å². The summed E-state index contributed by atoms with van der Waals surface area (Å²) >= 11 is 0. The highest BCUT2D eigenvalue weighted by molar-refractivity contribution is 5.13. The van der Waals surface area contributed by atoms with Gasteiger partial charge in [0.15, 0.2) is 0 Å². The molecule has 2 rings (SSSR count). The van der Waals surface area contributed by atoms with Crippen LogP contribution in [0.4, 0.5) is 0 Å². The van der Waals surface area contributed by atoms with Crippen molar-refractivity contribution in [1.29, 1.82) is 0 Å². The highest BCUT2D eigenvalue weighted by atomic mass is 16.5. The van der Waals surface area contributed by atoms with Gasteiger partial charge in [-0.3, -0.25) is 0 Å². The topological polar surface area (TPSA) is 9.23 Å². The number of rotatable bonds is 10. The van der Waals surface area contributed by atoms with Gasteiger partial charge in [-0.15, -0.1) is 0 Å². The lowest BCUT2D eigenvalue weighted by Crippen LogP contribution is -2.06. The monoisotopic (exact) mass is 260 g/mol. The van der Waals surface area contributed by atoms with Crippen molar-refractivity contribution in [3.05, 3.63) is 35.9 Å².